The molecule has 1 unspecified atom stereocenters. The van der Waals surface area contributed by atoms with E-state index in [1.807, 2.05) is 13.0 Å². The van der Waals surface area contributed by atoms with Crippen LogP contribution in [0, 0.1) is 0 Å². The SMILES string of the molecule is CCC(Sc1nc(-c2ccco2)c(-c2ccco2)[nH]1)C(=O)Nc1cccc(C(=O)O)c1. The number of H-pyrrole nitrogens is 1. The third-order valence-corrected chi connectivity index (χ3v) is 5.75. The second-order valence-electron chi connectivity index (χ2n) is 6.61. The largest absolute Gasteiger partial charge is 0.478 e. The molecule has 9 heteroatoms. The number of nitrogens with one attached hydrogen (secondary N) is 2. The van der Waals surface area contributed by atoms with Crippen LogP contribution in [0.3, 0.4) is 0 Å². The van der Waals surface area contributed by atoms with Crippen LogP contribution in [0.2, 0.25) is 0 Å². The molecule has 1 amide bonds. The van der Waals surface area contributed by atoms with Gasteiger partial charge in [-0.2, -0.15) is 0 Å². The van der Waals surface area contributed by atoms with Crippen molar-refractivity contribution in [3.63, 3.8) is 0 Å². The summed E-state index contributed by atoms with van der Waals surface area (Å²) in [4.78, 5) is 31.8. The van der Waals surface area contributed by atoms with E-state index >= 15 is 0 Å². The van der Waals surface area contributed by atoms with Crippen molar-refractivity contribution in [3.05, 3.63) is 66.6 Å². The van der Waals surface area contributed by atoms with Crippen LogP contribution >= 0.6 is 11.8 Å². The molecule has 0 aliphatic heterocycles. The van der Waals surface area contributed by atoms with Gasteiger partial charge < -0.3 is 24.2 Å². The third-order valence-electron chi connectivity index (χ3n) is 4.50. The highest BCUT2D eigenvalue weighted by molar-refractivity contribution is 8.00. The van der Waals surface area contributed by atoms with Gasteiger partial charge in [0.15, 0.2) is 16.7 Å². The number of rotatable bonds is 8. The Kier molecular flexibility index (Phi) is 5.94. The van der Waals surface area contributed by atoms with Gasteiger partial charge in [-0.25, -0.2) is 9.78 Å². The number of amides is 1. The number of carbonyl (C=O) groups is 2. The minimum Gasteiger partial charge on any atom is -0.478 e. The monoisotopic (exact) mass is 437 g/mol. The van der Waals surface area contributed by atoms with Crippen LogP contribution in [-0.4, -0.2) is 32.2 Å². The Balaban J connectivity index is 1.56. The molecule has 1 atom stereocenters. The number of imidazole rings is 1. The Morgan fingerprint density at radius 3 is 2.52 bits per heavy atom. The number of nitrogens with zero attached hydrogens (tertiary/aromatic N) is 1. The summed E-state index contributed by atoms with van der Waals surface area (Å²) in [5.74, 6) is -0.110. The lowest BCUT2D eigenvalue weighted by atomic mass is 10.2. The fraction of sp³-hybridized carbons (Fsp3) is 0.136. The Labute approximate surface area is 181 Å². The van der Waals surface area contributed by atoms with Crippen molar-refractivity contribution in [2.75, 3.05) is 5.32 Å². The van der Waals surface area contributed by atoms with Crippen molar-refractivity contribution < 1.29 is 23.5 Å². The zero-order chi connectivity index (χ0) is 21.8. The molecule has 3 aromatic heterocycles. The van der Waals surface area contributed by atoms with Crippen molar-refractivity contribution in [3.8, 4) is 22.9 Å². The number of hydrogen-bond acceptors (Lipinski definition) is 6. The van der Waals surface area contributed by atoms with E-state index in [4.69, 9.17) is 13.9 Å². The first-order chi connectivity index (χ1) is 15.0. The smallest absolute Gasteiger partial charge is 0.335 e. The summed E-state index contributed by atoms with van der Waals surface area (Å²) in [6.07, 6.45) is 3.68. The van der Waals surface area contributed by atoms with E-state index in [0.717, 1.165) is 0 Å². The van der Waals surface area contributed by atoms with E-state index in [1.165, 1.54) is 23.9 Å². The fourth-order valence-corrected chi connectivity index (χ4v) is 3.91. The Bertz CT molecular complexity index is 1130. The maximum Gasteiger partial charge on any atom is 0.335 e. The van der Waals surface area contributed by atoms with Crippen LogP contribution < -0.4 is 5.32 Å². The number of anilines is 1. The van der Waals surface area contributed by atoms with Crippen LogP contribution in [0.1, 0.15) is 23.7 Å². The number of aromatic carboxylic acids is 1. The van der Waals surface area contributed by atoms with Gasteiger partial charge in [-0.05, 0) is 48.9 Å². The molecule has 0 spiro atoms. The quantitative estimate of drug-likeness (QED) is 0.326. The van der Waals surface area contributed by atoms with Gasteiger partial charge in [0.25, 0.3) is 0 Å². The molecule has 3 heterocycles. The third kappa shape index (κ3) is 4.56. The average Bonchev–Trinajstić information content (AvgIpc) is 3.53. The van der Waals surface area contributed by atoms with Gasteiger partial charge >= 0.3 is 5.97 Å². The van der Waals surface area contributed by atoms with E-state index in [1.54, 1.807) is 42.9 Å². The van der Waals surface area contributed by atoms with Gasteiger partial charge in [-0.15, -0.1) is 0 Å². The van der Waals surface area contributed by atoms with E-state index in [9.17, 15) is 9.59 Å². The minimum atomic E-state index is -1.05. The summed E-state index contributed by atoms with van der Waals surface area (Å²) < 4.78 is 11.0. The van der Waals surface area contributed by atoms with Crippen LogP contribution in [0.4, 0.5) is 5.69 Å². The Hall–Kier alpha value is -3.72. The molecule has 0 bridgehead atoms. The second-order valence-corrected chi connectivity index (χ2v) is 7.80. The summed E-state index contributed by atoms with van der Waals surface area (Å²) in [5, 5.41) is 12.0. The van der Waals surface area contributed by atoms with Crippen molar-refractivity contribution in [1.82, 2.24) is 9.97 Å². The van der Waals surface area contributed by atoms with Crippen molar-refractivity contribution in [2.24, 2.45) is 0 Å². The van der Waals surface area contributed by atoms with Gasteiger partial charge in [0.1, 0.15) is 11.4 Å². The topological polar surface area (TPSA) is 121 Å². The lowest BCUT2D eigenvalue weighted by Crippen LogP contribution is -2.24. The first-order valence-electron chi connectivity index (χ1n) is 9.53. The zero-order valence-corrected chi connectivity index (χ0v) is 17.3. The average molecular weight is 437 g/mol. The number of thioether (sulfide) groups is 1. The number of benzene rings is 1. The van der Waals surface area contributed by atoms with Crippen LogP contribution in [0.5, 0.6) is 0 Å². The first-order valence-corrected chi connectivity index (χ1v) is 10.4. The Morgan fingerprint density at radius 1 is 1.13 bits per heavy atom. The summed E-state index contributed by atoms with van der Waals surface area (Å²) >= 11 is 1.28. The van der Waals surface area contributed by atoms with Gasteiger partial charge in [-0.3, -0.25) is 4.79 Å². The summed E-state index contributed by atoms with van der Waals surface area (Å²) in [7, 11) is 0. The van der Waals surface area contributed by atoms with Gasteiger partial charge in [0.2, 0.25) is 5.91 Å². The van der Waals surface area contributed by atoms with Crippen molar-refractivity contribution in [1.29, 1.82) is 0 Å². The summed E-state index contributed by atoms with van der Waals surface area (Å²) in [6.45, 7) is 1.90. The van der Waals surface area contributed by atoms with Gasteiger partial charge in [-0.1, -0.05) is 24.8 Å². The summed E-state index contributed by atoms with van der Waals surface area (Å²) in [6, 6.07) is 13.3. The number of hydrogen-bond donors (Lipinski definition) is 3. The lowest BCUT2D eigenvalue weighted by Gasteiger charge is -2.13. The van der Waals surface area contributed by atoms with E-state index in [-0.39, 0.29) is 11.5 Å². The maximum atomic E-state index is 12.8. The highest BCUT2D eigenvalue weighted by Gasteiger charge is 2.24. The van der Waals surface area contributed by atoms with Gasteiger partial charge in [0, 0.05) is 5.69 Å². The molecule has 8 nitrogen and oxygen atoms in total. The number of aromatic amines is 1. The van der Waals surface area contributed by atoms with Crippen molar-refractivity contribution >= 4 is 29.3 Å². The number of carbonyl (C=O) groups excluding carboxylic acids is 1. The highest BCUT2D eigenvalue weighted by atomic mass is 32.2. The maximum absolute atomic E-state index is 12.8. The molecule has 158 valence electrons. The number of carboxylic acid groups (broad SMARTS) is 1. The molecule has 0 radical (unpaired) electrons. The highest BCUT2D eigenvalue weighted by Crippen LogP contribution is 2.35. The number of aromatic nitrogens is 2. The predicted molar refractivity (Wildman–Crippen MR) is 116 cm³/mol. The van der Waals surface area contributed by atoms with Crippen LogP contribution in [-0.2, 0) is 4.79 Å². The van der Waals surface area contributed by atoms with Crippen molar-refractivity contribution in [2.45, 2.75) is 23.8 Å². The molecule has 1 aromatic carbocycles. The fourth-order valence-electron chi connectivity index (χ4n) is 3.01. The molecule has 4 rings (SSSR count). The van der Waals surface area contributed by atoms with E-state index in [0.29, 0.717) is 40.2 Å². The molecule has 4 aromatic rings. The standard InChI is InChI=1S/C22H19N3O5S/c1-2-17(20(26)23-14-7-3-6-13(12-14)21(27)28)31-22-24-18(15-8-4-10-29-15)19(25-22)16-9-5-11-30-16/h3-12,17H,2H2,1H3,(H,23,26)(H,24,25)(H,27,28). The minimum absolute atomic E-state index is 0.107. The van der Waals surface area contributed by atoms with Crippen LogP contribution in [0.25, 0.3) is 22.9 Å². The molecule has 0 saturated carbocycles. The lowest BCUT2D eigenvalue weighted by molar-refractivity contribution is -0.115. The molecular weight excluding hydrogens is 418 g/mol. The Morgan fingerprint density at radius 2 is 1.87 bits per heavy atom. The molecule has 0 saturated heterocycles. The number of furan rings is 2. The number of carboxylic acids is 1. The second kappa shape index (κ2) is 8.97. The van der Waals surface area contributed by atoms with Crippen LogP contribution in [0.15, 0.2) is 75.0 Å². The molecule has 3 N–H and O–H groups in total. The molecule has 0 fully saturated rings. The normalized spacial score (nSPS) is 11.9. The van der Waals surface area contributed by atoms with E-state index < -0.39 is 11.2 Å². The first kappa shape index (κ1) is 20.5. The molecule has 0 aliphatic carbocycles. The predicted octanol–water partition coefficient (Wildman–Crippen LogP) is 5.14. The molecule has 0 aliphatic rings. The van der Waals surface area contributed by atoms with Gasteiger partial charge in [0.05, 0.1) is 23.3 Å². The van der Waals surface area contributed by atoms with E-state index in [2.05, 4.69) is 15.3 Å². The molecular formula is C22H19N3O5S. The molecule has 31 heavy (non-hydrogen) atoms. The zero-order valence-electron chi connectivity index (χ0n) is 16.5. The summed E-state index contributed by atoms with van der Waals surface area (Å²) in [5.41, 5.74) is 1.78.